The Bertz CT molecular complexity index is 996. The smallest absolute Gasteiger partial charge is 0.271 e. The number of rotatable bonds is 5. The minimum absolute atomic E-state index is 0.118. The van der Waals surface area contributed by atoms with Crippen LogP contribution in [0.15, 0.2) is 55.0 Å². The van der Waals surface area contributed by atoms with E-state index in [9.17, 15) is 4.79 Å². The van der Waals surface area contributed by atoms with E-state index in [1.807, 2.05) is 35.8 Å². The van der Waals surface area contributed by atoms with Crippen molar-refractivity contribution in [1.29, 1.82) is 0 Å². The van der Waals surface area contributed by atoms with Crippen LogP contribution in [0.25, 0.3) is 5.69 Å². The quantitative estimate of drug-likeness (QED) is 0.719. The first-order valence-corrected chi connectivity index (χ1v) is 9.44. The average Bonchev–Trinajstić information content (AvgIpc) is 3.22. The predicted octanol–water partition coefficient (Wildman–Crippen LogP) is 2.81. The molecule has 0 saturated carbocycles. The predicted molar refractivity (Wildman–Crippen MR) is 108 cm³/mol. The minimum Gasteiger partial charge on any atom is -0.495 e. The van der Waals surface area contributed by atoms with Crippen molar-refractivity contribution in [3.8, 4) is 11.4 Å². The first kappa shape index (κ1) is 18.3. The fourth-order valence-electron chi connectivity index (χ4n) is 3.63. The Morgan fingerprint density at radius 3 is 3.04 bits per heavy atom. The average molecular weight is 376 g/mol. The Hall–Kier alpha value is -3.12. The number of benzene rings is 2. The Kier molecular flexibility index (Phi) is 5.12. The number of imidazole rings is 1. The van der Waals surface area contributed by atoms with E-state index in [0.29, 0.717) is 12.2 Å². The molecular weight excluding hydrogens is 352 g/mol. The van der Waals surface area contributed by atoms with Gasteiger partial charge in [-0.1, -0.05) is 30.3 Å². The zero-order chi connectivity index (χ0) is 19.5. The number of carbonyl (C=O) groups excluding carboxylic acids is 1. The third-order valence-corrected chi connectivity index (χ3v) is 5.11. The van der Waals surface area contributed by atoms with Crippen molar-refractivity contribution in [2.24, 2.45) is 0 Å². The summed E-state index contributed by atoms with van der Waals surface area (Å²) < 4.78 is 7.24. The van der Waals surface area contributed by atoms with E-state index in [0.717, 1.165) is 30.0 Å². The summed E-state index contributed by atoms with van der Waals surface area (Å²) >= 11 is 0. The van der Waals surface area contributed by atoms with Gasteiger partial charge in [0.15, 0.2) is 0 Å². The van der Waals surface area contributed by atoms with Crippen molar-refractivity contribution in [3.05, 3.63) is 77.4 Å². The molecule has 6 nitrogen and oxygen atoms in total. The fourth-order valence-corrected chi connectivity index (χ4v) is 3.63. The van der Waals surface area contributed by atoms with Crippen LogP contribution in [0, 0.1) is 6.92 Å². The highest BCUT2D eigenvalue weighted by Gasteiger charge is 2.20. The summed E-state index contributed by atoms with van der Waals surface area (Å²) in [6.07, 6.45) is 4.39. The summed E-state index contributed by atoms with van der Waals surface area (Å²) in [7, 11) is 1.63. The number of nitrogens with one attached hydrogen (secondary N) is 2. The normalized spacial score (nSPS) is 15.7. The fraction of sp³-hybridized carbons (Fsp3) is 0.273. The van der Waals surface area contributed by atoms with Crippen LogP contribution < -0.4 is 15.4 Å². The number of carbonyl (C=O) groups is 1. The van der Waals surface area contributed by atoms with Crippen molar-refractivity contribution in [3.63, 3.8) is 0 Å². The first-order chi connectivity index (χ1) is 13.7. The zero-order valence-corrected chi connectivity index (χ0v) is 16.1. The highest BCUT2D eigenvalue weighted by molar-refractivity contribution is 5.92. The van der Waals surface area contributed by atoms with Crippen LogP contribution in [0.4, 0.5) is 0 Å². The van der Waals surface area contributed by atoms with Gasteiger partial charge in [-0.25, -0.2) is 4.98 Å². The molecule has 4 rings (SSSR count). The van der Waals surface area contributed by atoms with Crippen LogP contribution in [-0.2, 0) is 6.42 Å². The number of ether oxygens (including phenoxy) is 1. The molecule has 0 spiro atoms. The standard InChI is InChI=1S/C22H24N4O2/c1-15-7-8-21(28-2)20(11-15)26-13-19(25-14-26)22(27)24-12-18-17-6-4-3-5-16(17)9-10-23-18/h3-8,11,13-14,18,23H,9-10,12H2,1-2H3,(H,24,27). The third kappa shape index (κ3) is 3.64. The van der Waals surface area contributed by atoms with Gasteiger partial charge in [0, 0.05) is 18.8 Å². The van der Waals surface area contributed by atoms with Crippen LogP contribution >= 0.6 is 0 Å². The topological polar surface area (TPSA) is 68.2 Å². The molecule has 1 aliphatic rings. The molecule has 3 aromatic rings. The van der Waals surface area contributed by atoms with Gasteiger partial charge in [0.2, 0.25) is 0 Å². The Morgan fingerprint density at radius 1 is 1.32 bits per heavy atom. The number of fused-ring (bicyclic) bond motifs is 1. The molecule has 0 fully saturated rings. The van der Waals surface area contributed by atoms with E-state index in [4.69, 9.17) is 4.74 Å². The van der Waals surface area contributed by atoms with Gasteiger partial charge >= 0.3 is 0 Å². The molecular formula is C22H24N4O2. The molecule has 0 aliphatic carbocycles. The summed E-state index contributed by atoms with van der Waals surface area (Å²) in [4.78, 5) is 16.9. The van der Waals surface area contributed by atoms with Gasteiger partial charge in [-0.05, 0) is 48.7 Å². The molecule has 1 unspecified atom stereocenters. The van der Waals surface area contributed by atoms with Crippen molar-refractivity contribution >= 4 is 5.91 Å². The van der Waals surface area contributed by atoms with E-state index >= 15 is 0 Å². The van der Waals surface area contributed by atoms with Crippen LogP contribution in [0.2, 0.25) is 0 Å². The largest absolute Gasteiger partial charge is 0.495 e. The van der Waals surface area contributed by atoms with E-state index in [2.05, 4.69) is 33.8 Å². The van der Waals surface area contributed by atoms with Crippen LogP contribution in [0.1, 0.15) is 33.2 Å². The second kappa shape index (κ2) is 7.86. The van der Waals surface area contributed by atoms with Crippen LogP contribution in [0.5, 0.6) is 5.75 Å². The molecule has 144 valence electrons. The summed E-state index contributed by atoms with van der Waals surface area (Å²) in [5.74, 6) is 0.549. The molecule has 2 N–H and O–H groups in total. The maximum Gasteiger partial charge on any atom is 0.271 e. The Labute approximate surface area is 164 Å². The van der Waals surface area contributed by atoms with Crippen molar-refractivity contribution in [1.82, 2.24) is 20.2 Å². The molecule has 0 saturated heterocycles. The van der Waals surface area contributed by atoms with E-state index in [-0.39, 0.29) is 11.9 Å². The van der Waals surface area contributed by atoms with Gasteiger partial charge < -0.3 is 19.9 Å². The SMILES string of the molecule is COc1ccc(C)cc1-n1cnc(C(=O)NCC2NCCc3ccccc32)c1. The van der Waals surface area contributed by atoms with Gasteiger partial charge in [-0.15, -0.1) is 0 Å². The maximum absolute atomic E-state index is 12.6. The number of hydrogen-bond donors (Lipinski definition) is 2. The molecule has 1 amide bonds. The molecule has 2 aromatic carbocycles. The Balaban J connectivity index is 1.47. The number of hydrogen-bond acceptors (Lipinski definition) is 4. The van der Waals surface area contributed by atoms with E-state index in [1.54, 1.807) is 19.6 Å². The Morgan fingerprint density at radius 2 is 2.18 bits per heavy atom. The van der Waals surface area contributed by atoms with Crippen LogP contribution in [-0.4, -0.2) is 35.7 Å². The summed E-state index contributed by atoms with van der Waals surface area (Å²) in [6, 6.07) is 14.4. The zero-order valence-electron chi connectivity index (χ0n) is 16.1. The molecule has 2 heterocycles. The summed E-state index contributed by atoms with van der Waals surface area (Å²) in [6.45, 7) is 3.46. The molecule has 1 aliphatic heterocycles. The molecule has 1 aromatic heterocycles. The number of aromatic nitrogens is 2. The van der Waals surface area contributed by atoms with Gasteiger partial charge in [0.05, 0.1) is 12.8 Å². The highest BCUT2D eigenvalue weighted by atomic mass is 16.5. The number of aryl methyl sites for hydroxylation is 1. The van der Waals surface area contributed by atoms with Crippen molar-refractivity contribution in [2.45, 2.75) is 19.4 Å². The van der Waals surface area contributed by atoms with E-state index < -0.39 is 0 Å². The van der Waals surface area contributed by atoms with Crippen molar-refractivity contribution in [2.75, 3.05) is 20.2 Å². The lowest BCUT2D eigenvalue weighted by Gasteiger charge is -2.27. The van der Waals surface area contributed by atoms with Crippen LogP contribution in [0.3, 0.4) is 0 Å². The number of nitrogens with zero attached hydrogens (tertiary/aromatic N) is 2. The lowest BCUT2D eigenvalue weighted by molar-refractivity contribution is 0.0944. The maximum atomic E-state index is 12.6. The van der Waals surface area contributed by atoms with Gasteiger partial charge in [0.25, 0.3) is 5.91 Å². The third-order valence-electron chi connectivity index (χ3n) is 5.11. The lowest BCUT2D eigenvalue weighted by atomic mass is 9.94. The minimum atomic E-state index is -0.185. The molecule has 6 heteroatoms. The van der Waals surface area contributed by atoms with Gasteiger partial charge in [0.1, 0.15) is 17.8 Å². The first-order valence-electron chi connectivity index (χ1n) is 9.44. The second-order valence-corrected chi connectivity index (χ2v) is 7.01. The molecule has 0 radical (unpaired) electrons. The van der Waals surface area contributed by atoms with Crippen molar-refractivity contribution < 1.29 is 9.53 Å². The monoisotopic (exact) mass is 376 g/mol. The summed E-state index contributed by atoms with van der Waals surface area (Å²) in [5.41, 5.74) is 4.95. The highest BCUT2D eigenvalue weighted by Crippen LogP contribution is 2.24. The summed E-state index contributed by atoms with van der Waals surface area (Å²) in [5, 5.41) is 6.48. The molecule has 1 atom stereocenters. The second-order valence-electron chi connectivity index (χ2n) is 7.01. The lowest BCUT2D eigenvalue weighted by Crippen LogP contribution is -2.38. The van der Waals surface area contributed by atoms with E-state index in [1.165, 1.54) is 11.1 Å². The van der Waals surface area contributed by atoms with Gasteiger partial charge in [-0.2, -0.15) is 0 Å². The molecule has 0 bridgehead atoms. The molecule has 28 heavy (non-hydrogen) atoms. The van der Waals surface area contributed by atoms with Gasteiger partial charge in [-0.3, -0.25) is 4.79 Å². The number of amides is 1. The number of methoxy groups -OCH3 is 1.